The van der Waals surface area contributed by atoms with Gasteiger partial charge in [-0.25, -0.2) is 19.3 Å². The fraction of sp³-hybridized carbons (Fsp3) is 0.312. The molecule has 0 fully saturated rings. The molecule has 0 aliphatic rings. The fourth-order valence-corrected chi connectivity index (χ4v) is 3.64. The first-order valence-electron chi connectivity index (χ1n) is 8.01. The van der Waals surface area contributed by atoms with E-state index in [1.165, 1.54) is 6.20 Å². The number of H-pyrrole nitrogens is 1. The molecule has 1 atom stereocenters. The van der Waals surface area contributed by atoms with Crippen molar-refractivity contribution in [2.75, 3.05) is 11.1 Å². The number of nitrogens with one attached hydrogen (secondary N) is 2. The monoisotopic (exact) mass is 413 g/mol. The van der Waals surface area contributed by atoms with E-state index >= 15 is 0 Å². The lowest BCUT2D eigenvalue weighted by Crippen LogP contribution is -2.34. The maximum Gasteiger partial charge on any atom is 0.266 e. The number of nitrogens with zero attached hydrogens (tertiary/aromatic N) is 3. The summed E-state index contributed by atoms with van der Waals surface area (Å²) in [6, 6.07) is 0.946. The molecule has 3 aromatic heterocycles. The van der Waals surface area contributed by atoms with Crippen molar-refractivity contribution >= 4 is 38.6 Å². The minimum atomic E-state index is -4.24. The van der Waals surface area contributed by atoms with Gasteiger partial charge >= 0.3 is 0 Å². The Bertz CT molecular complexity index is 1090. The average Bonchev–Trinajstić information content (AvgIpc) is 2.98. The first kappa shape index (κ1) is 19.5. The van der Waals surface area contributed by atoms with Crippen LogP contribution in [-0.4, -0.2) is 44.7 Å². The Labute approximate surface area is 160 Å². The van der Waals surface area contributed by atoms with Crippen LogP contribution in [0, 0.1) is 11.7 Å². The Morgan fingerprint density at radius 3 is 2.74 bits per heavy atom. The van der Waals surface area contributed by atoms with E-state index in [4.69, 9.17) is 16.2 Å². The standard InChI is InChI=1S/C16H17ClFN5O3S/c1-8(2)13(7-27(24,25)26)22-16-12(18)6-21-15(23-16)11-5-20-14-10(11)3-9(17)4-19-14/h3-6,8,13H,7H2,1-2H3,(H,19,20)(H,21,22,23)(H,24,25,26). The number of hydrogen-bond acceptors (Lipinski definition) is 6. The van der Waals surface area contributed by atoms with Crippen LogP contribution in [-0.2, 0) is 10.1 Å². The van der Waals surface area contributed by atoms with Gasteiger partial charge < -0.3 is 10.3 Å². The fourth-order valence-electron chi connectivity index (χ4n) is 2.56. The molecule has 8 nitrogen and oxygen atoms in total. The first-order chi connectivity index (χ1) is 12.6. The molecule has 0 aliphatic heterocycles. The quantitative estimate of drug-likeness (QED) is 0.531. The summed E-state index contributed by atoms with van der Waals surface area (Å²) < 4.78 is 45.8. The van der Waals surface area contributed by atoms with Gasteiger partial charge in [0.1, 0.15) is 5.65 Å². The van der Waals surface area contributed by atoms with Crippen molar-refractivity contribution < 1.29 is 17.4 Å². The molecular weight excluding hydrogens is 397 g/mol. The van der Waals surface area contributed by atoms with Crippen molar-refractivity contribution in [3.8, 4) is 11.4 Å². The smallest absolute Gasteiger partial charge is 0.266 e. The number of hydrogen-bond donors (Lipinski definition) is 3. The molecule has 0 spiro atoms. The van der Waals surface area contributed by atoms with E-state index in [0.29, 0.717) is 21.6 Å². The van der Waals surface area contributed by atoms with E-state index in [1.54, 1.807) is 26.1 Å². The number of halogens is 2. The van der Waals surface area contributed by atoms with Gasteiger partial charge in [-0.2, -0.15) is 8.42 Å². The molecule has 0 radical (unpaired) electrons. The summed E-state index contributed by atoms with van der Waals surface area (Å²) in [5.74, 6) is -1.47. The highest BCUT2D eigenvalue weighted by Gasteiger charge is 2.23. The summed E-state index contributed by atoms with van der Waals surface area (Å²) in [7, 11) is -4.24. The lowest BCUT2D eigenvalue weighted by molar-refractivity contribution is 0.463. The van der Waals surface area contributed by atoms with Gasteiger partial charge in [0.15, 0.2) is 17.5 Å². The Hall–Kier alpha value is -2.30. The average molecular weight is 414 g/mol. The van der Waals surface area contributed by atoms with Gasteiger partial charge in [0.05, 0.1) is 17.0 Å². The third-order valence-electron chi connectivity index (χ3n) is 4.00. The Morgan fingerprint density at radius 1 is 1.33 bits per heavy atom. The van der Waals surface area contributed by atoms with Gasteiger partial charge in [0.2, 0.25) is 0 Å². The van der Waals surface area contributed by atoms with Crippen LogP contribution in [0.3, 0.4) is 0 Å². The third kappa shape index (κ3) is 4.52. The second-order valence-electron chi connectivity index (χ2n) is 6.39. The highest BCUT2D eigenvalue weighted by Crippen LogP contribution is 2.28. The zero-order chi connectivity index (χ0) is 19.8. The van der Waals surface area contributed by atoms with Gasteiger partial charge in [0.25, 0.3) is 10.1 Å². The predicted molar refractivity (Wildman–Crippen MR) is 101 cm³/mol. The highest BCUT2D eigenvalue weighted by atomic mass is 35.5. The molecule has 0 saturated heterocycles. The zero-order valence-electron chi connectivity index (χ0n) is 14.4. The van der Waals surface area contributed by atoms with Crippen molar-refractivity contribution in [3.63, 3.8) is 0 Å². The SMILES string of the molecule is CC(C)C(CS(=O)(=O)O)Nc1nc(-c2c[nH]c3ncc(Cl)cc23)ncc1F. The molecule has 1 unspecified atom stereocenters. The summed E-state index contributed by atoms with van der Waals surface area (Å²) in [6.45, 7) is 3.49. The number of anilines is 1. The molecule has 0 bridgehead atoms. The first-order valence-corrected chi connectivity index (χ1v) is 10.00. The van der Waals surface area contributed by atoms with E-state index in [2.05, 4.69) is 25.3 Å². The van der Waals surface area contributed by atoms with E-state index in [-0.39, 0.29) is 17.6 Å². The molecule has 3 rings (SSSR count). The van der Waals surface area contributed by atoms with Crippen molar-refractivity contribution in [1.29, 1.82) is 0 Å². The summed E-state index contributed by atoms with van der Waals surface area (Å²) in [4.78, 5) is 15.3. The van der Waals surface area contributed by atoms with Gasteiger partial charge in [-0.15, -0.1) is 0 Å². The van der Waals surface area contributed by atoms with Crippen LogP contribution >= 0.6 is 11.6 Å². The molecule has 11 heteroatoms. The largest absolute Gasteiger partial charge is 0.363 e. The van der Waals surface area contributed by atoms with Crippen molar-refractivity contribution in [1.82, 2.24) is 19.9 Å². The Morgan fingerprint density at radius 2 is 2.07 bits per heavy atom. The second-order valence-corrected chi connectivity index (χ2v) is 8.32. The third-order valence-corrected chi connectivity index (χ3v) is 4.99. The molecule has 144 valence electrons. The topological polar surface area (TPSA) is 121 Å². The van der Waals surface area contributed by atoms with Crippen molar-refractivity contribution in [2.45, 2.75) is 19.9 Å². The normalized spacial score (nSPS) is 13.3. The summed E-state index contributed by atoms with van der Waals surface area (Å²) in [5.41, 5.74) is 1.14. The van der Waals surface area contributed by atoms with Crippen LogP contribution in [0.25, 0.3) is 22.4 Å². The van der Waals surface area contributed by atoms with Crippen LogP contribution in [0.5, 0.6) is 0 Å². The van der Waals surface area contributed by atoms with E-state index in [9.17, 15) is 12.8 Å². The minimum Gasteiger partial charge on any atom is -0.363 e. The van der Waals surface area contributed by atoms with E-state index in [0.717, 1.165) is 6.20 Å². The summed E-state index contributed by atoms with van der Waals surface area (Å²) >= 11 is 5.99. The zero-order valence-corrected chi connectivity index (χ0v) is 16.0. The van der Waals surface area contributed by atoms with Gasteiger partial charge in [0, 0.05) is 29.4 Å². The maximum atomic E-state index is 14.2. The van der Waals surface area contributed by atoms with Crippen LogP contribution in [0.1, 0.15) is 13.8 Å². The van der Waals surface area contributed by atoms with E-state index in [1.807, 2.05) is 0 Å². The molecule has 27 heavy (non-hydrogen) atoms. The predicted octanol–water partition coefficient (Wildman–Crippen LogP) is 3.14. The molecule has 3 N–H and O–H groups in total. The van der Waals surface area contributed by atoms with Crippen LogP contribution in [0.4, 0.5) is 10.2 Å². The van der Waals surface area contributed by atoms with Crippen molar-refractivity contribution in [3.05, 3.63) is 35.5 Å². The molecule has 3 heterocycles. The number of rotatable bonds is 6. The number of aromatic nitrogens is 4. The number of fused-ring (bicyclic) bond motifs is 1. The van der Waals surface area contributed by atoms with Crippen molar-refractivity contribution in [2.24, 2.45) is 5.92 Å². The molecule has 0 saturated carbocycles. The minimum absolute atomic E-state index is 0.160. The van der Waals surface area contributed by atoms with Crippen LogP contribution < -0.4 is 5.32 Å². The summed E-state index contributed by atoms with van der Waals surface area (Å²) in [6.07, 6.45) is 4.11. The van der Waals surface area contributed by atoms with Gasteiger partial charge in [-0.05, 0) is 12.0 Å². The number of pyridine rings is 1. The van der Waals surface area contributed by atoms with E-state index < -0.39 is 27.7 Å². The lowest BCUT2D eigenvalue weighted by atomic mass is 10.1. The van der Waals surface area contributed by atoms with Gasteiger partial charge in [-0.3, -0.25) is 4.55 Å². The van der Waals surface area contributed by atoms with Gasteiger partial charge in [-0.1, -0.05) is 25.4 Å². The molecule has 3 aromatic rings. The second kappa shape index (κ2) is 7.37. The molecular formula is C16H17ClFN5O3S. The Kier molecular flexibility index (Phi) is 5.31. The molecule has 0 amide bonds. The lowest BCUT2D eigenvalue weighted by Gasteiger charge is -2.22. The Balaban J connectivity index is 1.99. The highest BCUT2D eigenvalue weighted by molar-refractivity contribution is 7.85. The van der Waals surface area contributed by atoms with Crippen LogP contribution in [0.2, 0.25) is 5.02 Å². The number of aromatic amines is 1. The van der Waals surface area contributed by atoms with Crippen LogP contribution in [0.15, 0.2) is 24.7 Å². The molecule has 0 aliphatic carbocycles. The maximum absolute atomic E-state index is 14.2. The summed E-state index contributed by atoms with van der Waals surface area (Å²) in [5, 5.41) is 3.84. The molecule has 0 aromatic carbocycles.